The van der Waals surface area contributed by atoms with Crippen molar-refractivity contribution in [2.75, 3.05) is 150 Å². The molecule has 1 fully saturated rings. The van der Waals surface area contributed by atoms with E-state index in [1.165, 1.54) is 6.07 Å². The molecule has 0 saturated carbocycles. The molecule has 5 amide bonds. The SMILES string of the molecule is Nc1ccc(OCCOCCOCCOCCOCCOCCOCCOCCOCCOCCOCCCCCC(=O)Nc2cccc3c2C(=O)N(C2CCC(=O)NC2=O)C3=O)cc1. The third-order valence-electron chi connectivity index (χ3n) is 9.66. The number of nitrogens with two attached hydrogens (primary N) is 1. The Morgan fingerprint density at radius 3 is 1.51 bits per heavy atom. The highest BCUT2D eigenvalue weighted by Crippen LogP contribution is 2.32. The molecule has 1 saturated heterocycles. The molecule has 0 bridgehead atoms. The van der Waals surface area contributed by atoms with E-state index in [0.717, 1.165) is 23.5 Å². The lowest BCUT2D eigenvalue weighted by Crippen LogP contribution is -2.54. The summed E-state index contributed by atoms with van der Waals surface area (Å²) in [7, 11) is 0. The van der Waals surface area contributed by atoms with Crippen LogP contribution in [0.5, 0.6) is 5.75 Å². The number of carbonyl (C=O) groups excluding carboxylic acids is 5. The first-order valence-corrected chi connectivity index (χ1v) is 22.3. The fourth-order valence-corrected chi connectivity index (χ4v) is 6.36. The van der Waals surface area contributed by atoms with Crippen LogP contribution in [0, 0.1) is 0 Å². The number of anilines is 2. The highest BCUT2D eigenvalue weighted by molar-refractivity contribution is 6.26. The zero-order valence-corrected chi connectivity index (χ0v) is 37.3. The number of ether oxygens (including phenoxy) is 11. The third-order valence-corrected chi connectivity index (χ3v) is 9.66. The molecule has 0 spiro atoms. The maximum Gasteiger partial charge on any atom is 0.264 e. The number of benzene rings is 2. The van der Waals surface area contributed by atoms with Crippen LogP contribution in [0.4, 0.5) is 11.4 Å². The molecular formula is C45H66N4O16. The summed E-state index contributed by atoms with van der Waals surface area (Å²) in [6.07, 6.45) is 2.43. The minimum atomic E-state index is -1.08. The Balaban J connectivity index is 0.807. The Morgan fingerprint density at radius 2 is 1.03 bits per heavy atom. The predicted octanol–water partition coefficient (Wildman–Crippen LogP) is 2.41. The van der Waals surface area contributed by atoms with Crippen LogP contribution in [0.15, 0.2) is 42.5 Å². The predicted molar refractivity (Wildman–Crippen MR) is 235 cm³/mol. The Kier molecular flexibility index (Phi) is 26.9. The molecule has 1 atom stereocenters. The van der Waals surface area contributed by atoms with E-state index in [2.05, 4.69) is 10.6 Å². The summed E-state index contributed by atoms with van der Waals surface area (Å²) in [6.45, 7) is 9.88. The summed E-state index contributed by atoms with van der Waals surface area (Å²) < 4.78 is 60.7. The van der Waals surface area contributed by atoms with Gasteiger partial charge in [0.1, 0.15) is 18.4 Å². The largest absolute Gasteiger partial charge is 0.491 e. The van der Waals surface area contributed by atoms with E-state index in [0.29, 0.717) is 151 Å². The Labute approximate surface area is 380 Å². The molecule has 0 aliphatic carbocycles. The zero-order valence-electron chi connectivity index (χ0n) is 37.3. The number of nitrogens with zero attached hydrogens (tertiary/aromatic N) is 1. The van der Waals surface area contributed by atoms with Gasteiger partial charge in [-0.1, -0.05) is 12.5 Å². The lowest BCUT2D eigenvalue weighted by atomic mass is 10.0. The monoisotopic (exact) mass is 918 g/mol. The standard InChI is InChI=1S/C45H66N4O16/c46-35-8-10-36(11-9-35)65-34-33-64-32-31-63-30-29-62-28-27-61-26-25-60-24-23-59-22-21-58-20-19-57-18-17-56-16-15-55-14-3-1-2-7-40(50)47-38-6-4-5-37-42(38)45(54)49(44(37)53)39-12-13-41(51)48-43(39)52/h4-6,8-11,39H,1-3,7,12-34,46H2,(H,47,50)(H,48,51,52). The number of amides is 5. The smallest absolute Gasteiger partial charge is 0.264 e. The molecule has 2 aromatic rings. The minimum absolute atomic E-state index is 0.0260. The van der Waals surface area contributed by atoms with Crippen LogP contribution in [0.25, 0.3) is 0 Å². The first kappa shape index (κ1) is 53.0. The van der Waals surface area contributed by atoms with Crippen LogP contribution in [0.3, 0.4) is 0 Å². The number of nitrogen functional groups attached to an aromatic ring is 1. The molecule has 20 heteroatoms. The molecule has 2 aliphatic rings. The third kappa shape index (κ3) is 21.5. The number of piperidine rings is 1. The van der Waals surface area contributed by atoms with Gasteiger partial charge < -0.3 is 63.2 Å². The number of fused-ring (bicyclic) bond motifs is 1. The molecule has 2 aromatic carbocycles. The Hall–Kier alpha value is -4.61. The van der Waals surface area contributed by atoms with Crippen molar-refractivity contribution in [2.24, 2.45) is 0 Å². The molecule has 1 unspecified atom stereocenters. The molecule has 20 nitrogen and oxygen atoms in total. The van der Waals surface area contributed by atoms with E-state index >= 15 is 0 Å². The highest BCUT2D eigenvalue weighted by Gasteiger charge is 2.45. The summed E-state index contributed by atoms with van der Waals surface area (Å²) in [5.74, 6) is -1.97. The summed E-state index contributed by atoms with van der Waals surface area (Å²) in [6, 6.07) is 10.8. The second-order valence-corrected chi connectivity index (χ2v) is 14.6. The summed E-state index contributed by atoms with van der Waals surface area (Å²) in [5, 5.41) is 4.91. The average molecular weight is 919 g/mol. The van der Waals surface area contributed by atoms with E-state index in [-0.39, 0.29) is 42.0 Å². The van der Waals surface area contributed by atoms with Crippen molar-refractivity contribution >= 4 is 40.9 Å². The van der Waals surface area contributed by atoms with Crippen LogP contribution in [0.2, 0.25) is 0 Å². The number of hydrogen-bond donors (Lipinski definition) is 3. The van der Waals surface area contributed by atoms with Crippen LogP contribution in [-0.2, 0) is 61.8 Å². The number of rotatable bonds is 39. The van der Waals surface area contributed by atoms with Crippen LogP contribution >= 0.6 is 0 Å². The van der Waals surface area contributed by atoms with Crippen molar-refractivity contribution in [1.82, 2.24) is 10.2 Å². The van der Waals surface area contributed by atoms with Gasteiger partial charge in [0.15, 0.2) is 0 Å². The molecule has 2 heterocycles. The van der Waals surface area contributed by atoms with Gasteiger partial charge in [0.2, 0.25) is 17.7 Å². The van der Waals surface area contributed by atoms with Gasteiger partial charge in [-0.15, -0.1) is 0 Å². The molecule has 65 heavy (non-hydrogen) atoms. The van der Waals surface area contributed by atoms with Crippen LogP contribution in [-0.4, -0.2) is 179 Å². The lowest BCUT2D eigenvalue weighted by molar-refractivity contribution is -0.136. The minimum Gasteiger partial charge on any atom is -0.491 e. The molecular weight excluding hydrogens is 853 g/mol. The lowest BCUT2D eigenvalue weighted by Gasteiger charge is -2.27. The van der Waals surface area contributed by atoms with E-state index in [4.69, 9.17) is 57.8 Å². The first-order chi connectivity index (χ1) is 31.8. The second kappa shape index (κ2) is 33.0. The molecule has 0 aromatic heterocycles. The number of imide groups is 2. The van der Waals surface area contributed by atoms with Gasteiger partial charge in [0.05, 0.1) is 142 Å². The molecule has 4 rings (SSSR count). The van der Waals surface area contributed by atoms with Gasteiger partial charge in [-0.05, 0) is 55.7 Å². The first-order valence-electron chi connectivity index (χ1n) is 22.3. The van der Waals surface area contributed by atoms with E-state index < -0.39 is 29.7 Å². The average Bonchev–Trinajstić information content (AvgIpc) is 3.55. The summed E-state index contributed by atoms with van der Waals surface area (Å²) in [4.78, 5) is 63.6. The number of carbonyl (C=O) groups is 5. The van der Waals surface area contributed by atoms with Crippen molar-refractivity contribution < 1.29 is 76.1 Å². The van der Waals surface area contributed by atoms with Crippen LogP contribution < -0.4 is 21.1 Å². The van der Waals surface area contributed by atoms with Crippen molar-refractivity contribution in [1.29, 1.82) is 0 Å². The Morgan fingerprint density at radius 1 is 0.569 bits per heavy atom. The zero-order chi connectivity index (χ0) is 46.2. The van der Waals surface area contributed by atoms with E-state index in [1.807, 2.05) is 12.1 Å². The summed E-state index contributed by atoms with van der Waals surface area (Å²) in [5.41, 5.74) is 6.72. The molecule has 362 valence electrons. The topological polar surface area (TPSA) is 240 Å². The van der Waals surface area contributed by atoms with Gasteiger partial charge in [-0.2, -0.15) is 0 Å². The molecule has 2 aliphatic heterocycles. The Bertz CT molecular complexity index is 1700. The fourth-order valence-electron chi connectivity index (χ4n) is 6.36. The van der Waals surface area contributed by atoms with Crippen molar-refractivity contribution in [3.63, 3.8) is 0 Å². The quantitative estimate of drug-likeness (QED) is 0.0496. The van der Waals surface area contributed by atoms with Crippen molar-refractivity contribution in [3.05, 3.63) is 53.6 Å². The molecule has 0 radical (unpaired) electrons. The highest BCUT2D eigenvalue weighted by atomic mass is 16.6. The van der Waals surface area contributed by atoms with Gasteiger partial charge in [0.25, 0.3) is 11.8 Å². The maximum absolute atomic E-state index is 13.2. The van der Waals surface area contributed by atoms with Crippen LogP contribution in [0.1, 0.15) is 59.2 Å². The number of nitrogens with one attached hydrogen (secondary N) is 2. The van der Waals surface area contributed by atoms with Crippen molar-refractivity contribution in [3.8, 4) is 5.75 Å². The van der Waals surface area contributed by atoms with E-state index in [9.17, 15) is 24.0 Å². The normalized spacial score (nSPS) is 14.8. The second-order valence-electron chi connectivity index (χ2n) is 14.6. The van der Waals surface area contributed by atoms with Gasteiger partial charge >= 0.3 is 0 Å². The number of unbranched alkanes of at least 4 members (excludes halogenated alkanes) is 2. The van der Waals surface area contributed by atoms with Crippen molar-refractivity contribution in [2.45, 2.75) is 44.6 Å². The van der Waals surface area contributed by atoms with Gasteiger partial charge in [-0.3, -0.25) is 34.2 Å². The summed E-state index contributed by atoms with van der Waals surface area (Å²) >= 11 is 0. The van der Waals surface area contributed by atoms with Gasteiger partial charge in [0, 0.05) is 25.1 Å². The maximum atomic E-state index is 13.2. The molecule has 4 N–H and O–H groups in total. The van der Waals surface area contributed by atoms with E-state index in [1.54, 1.807) is 24.3 Å². The fraction of sp³-hybridized carbons (Fsp3) is 0.622. The number of hydrogen-bond acceptors (Lipinski definition) is 17. The van der Waals surface area contributed by atoms with Gasteiger partial charge in [-0.25, -0.2) is 0 Å².